The minimum absolute atomic E-state index is 0.170. The Hall–Kier alpha value is -1.61. The quantitative estimate of drug-likeness (QED) is 0.479. The molecule has 0 amide bonds. The van der Waals surface area contributed by atoms with Crippen molar-refractivity contribution in [2.45, 2.75) is 12.5 Å². The number of nitrogens with zero attached hydrogens (tertiary/aromatic N) is 1. The van der Waals surface area contributed by atoms with E-state index in [2.05, 4.69) is 26.3 Å². The van der Waals surface area contributed by atoms with Gasteiger partial charge in [-0.3, -0.25) is 4.90 Å². The van der Waals surface area contributed by atoms with E-state index in [1.54, 1.807) is 18.2 Å². The van der Waals surface area contributed by atoms with Crippen LogP contribution in [0.25, 0.3) is 0 Å². The van der Waals surface area contributed by atoms with Crippen LogP contribution in [0.15, 0.2) is 50.1 Å². The number of hydrogen-bond donors (Lipinski definition) is 1. The number of carbonyl (C=O) groups is 1. The fourth-order valence-electron chi connectivity index (χ4n) is 1.47. The molecule has 0 saturated carbocycles. The maximum absolute atomic E-state index is 10.9. The maximum Gasteiger partial charge on any atom is 0.332 e. The molecule has 0 heterocycles. The average molecular weight is 221 g/mol. The van der Waals surface area contributed by atoms with Gasteiger partial charge in [0.25, 0.3) is 0 Å². The first-order valence-corrected chi connectivity index (χ1v) is 5.07. The summed E-state index contributed by atoms with van der Waals surface area (Å²) in [5, 5.41) is 8.95. The summed E-state index contributed by atoms with van der Waals surface area (Å²) in [4.78, 5) is 12.9. The molecule has 0 rings (SSSR count). The predicted molar refractivity (Wildman–Crippen MR) is 67.3 cm³/mol. The van der Waals surface area contributed by atoms with Crippen LogP contribution in [0.1, 0.15) is 6.42 Å². The van der Waals surface area contributed by atoms with E-state index >= 15 is 0 Å². The van der Waals surface area contributed by atoms with Crippen LogP contribution in [0.2, 0.25) is 0 Å². The Labute approximate surface area is 97.1 Å². The summed E-state index contributed by atoms with van der Waals surface area (Å²) in [7, 11) is 0. The predicted octanol–water partition coefficient (Wildman–Crippen LogP) is 2.25. The number of carboxylic acids is 1. The van der Waals surface area contributed by atoms with Gasteiger partial charge in [0.15, 0.2) is 0 Å². The summed E-state index contributed by atoms with van der Waals surface area (Å²) in [6.45, 7) is 15.7. The van der Waals surface area contributed by atoms with Gasteiger partial charge in [0.2, 0.25) is 0 Å². The molecule has 1 N–H and O–H groups in total. The van der Waals surface area contributed by atoms with Gasteiger partial charge in [0.1, 0.15) is 0 Å². The molecule has 1 unspecified atom stereocenters. The van der Waals surface area contributed by atoms with Crippen molar-refractivity contribution < 1.29 is 9.90 Å². The van der Waals surface area contributed by atoms with E-state index in [4.69, 9.17) is 5.11 Å². The van der Waals surface area contributed by atoms with Crippen LogP contribution in [-0.2, 0) is 4.79 Å². The van der Waals surface area contributed by atoms with Gasteiger partial charge in [-0.15, -0.1) is 19.7 Å². The van der Waals surface area contributed by atoms with Gasteiger partial charge in [-0.25, -0.2) is 4.79 Å². The highest BCUT2D eigenvalue weighted by molar-refractivity contribution is 5.87. The second kappa shape index (κ2) is 7.65. The second-order valence-corrected chi connectivity index (χ2v) is 3.40. The minimum atomic E-state index is -0.982. The molecule has 1 atom stereocenters. The monoisotopic (exact) mass is 221 g/mol. The van der Waals surface area contributed by atoms with Crippen LogP contribution >= 0.6 is 0 Å². The lowest BCUT2D eigenvalue weighted by atomic mass is 10.0. The van der Waals surface area contributed by atoms with Crippen molar-refractivity contribution >= 4 is 5.97 Å². The van der Waals surface area contributed by atoms with E-state index in [1.165, 1.54) is 0 Å². The Morgan fingerprint density at radius 1 is 1.19 bits per heavy atom. The number of carboxylic acid groups (broad SMARTS) is 1. The Morgan fingerprint density at radius 2 is 1.69 bits per heavy atom. The maximum atomic E-state index is 10.9. The van der Waals surface area contributed by atoms with Crippen molar-refractivity contribution in [2.75, 3.05) is 13.1 Å². The molecule has 3 nitrogen and oxygen atoms in total. The topological polar surface area (TPSA) is 40.5 Å². The lowest BCUT2D eigenvalue weighted by Gasteiger charge is -2.29. The molecule has 0 radical (unpaired) electrons. The Balaban J connectivity index is 4.87. The normalized spacial score (nSPS) is 11.8. The summed E-state index contributed by atoms with van der Waals surface area (Å²) >= 11 is 0. The summed E-state index contributed by atoms with van der Waals surface area (Å²) in [6, 6.07) is -0.258. The molecule has 0 aliphatic rings. The SMILES string of the molecule is C=CCC(C(=C)C(=O)O)N(CC=C)CC=C. The van der Waals surface area contributed by atoms with Gasteiger partial charge in [-0.1, -0.05) is 24.8 Å². The molecule has 0 aromatic carbocycles. The van der Waals surface area contributed by atoms with E-state index < -0.39 is 5.97 Å². The molecule has 0 aliphatic heterocycles. The first kappa shape index (κ1) is 14.4. The zero-order valence-electron chi connectivity index (χ0n) is 9.56. The molecule has 0 spiro atoms. The molecule has 0 aromatic heterocycles. The van der Waals surface area contributed by atoms with Gasteiger partial charge in [-0.05, 0) is 6.42 Å². The van der Waals surface area contributed by atoms with Gasteiger partial charge in [-0.2, -0.15) is 0 Å². The molecular weight excluding hydrogens is 202 g/mol. The number of rotatable bonds is 9. The fourth-order valence-corrected chi connectivity index (χ4v) is 1.47. The molecule has 0 bridgehead atoms. The van der Waals surface area contributed by atoms with Crippen molar-refractivity contribution in [3.63, 3.8) is 0 Å². The van der Waals surface area contributed by atoms with Crippen molar-refractivity contribution in [1.29, 1.82) is 0 Å². The zero-order valence-corrected chi connectivity index (χ0v) is 9.56. The van der Waals surface area contributed by atoms with Crippen molar-refractivity contribution in [1.82, 2.24) is 4.90 Å². The highest BCUT2D eigenvalue weighted by Gasteiger charge is 2.22. The summed E-state index contributed by atoms with van der Waals surface area (Å²) in [5.74, 6) is -0.982. The largest absolute Gasteiger partial charge is 0.478 e. The van der Waals surface area contributed by atoms with Gasteiger partial charge < -0.3 is 5.11 Å². The summed E-state index contributed by atoms with van der Waals surface area (Å²) < 4.78 is 0. The third-order valence-electron chi connectivity index (χ3n) is 2.23. The van der Waals surface area contributed by atoms with Crippen molar-refractivity contribution in [3.8, 4) is 0 Å². The summed E-state index contributed by atoms with van der Waals surface area (Å²) in [6.07, 6.45) is 5.70. The van der Waals surface area contributed by atoms with Crippen molar-refractivity contribution in [2.24, 2.45) is 0 Å². The first-order chi connectivity index (χ1) is 7.58. The van der Waals surface area contributed by atoms with Crippen LogP contribution < -0.4 is 0 Å². The number of aliphatic carboxylic acids is 1. The first-order valence-electron chi connectivity index (χ1n) is 5.07. The van der Waals surface area contributed by atoms with E-state index in [0.29, 0.717) is 19.5 Å². The molecule has 88 valence electrons. The Kier molecular flexibility index (Phi) is 6.88. The number of hydrogen-bond acceptors (Lipinski definition) is 2. The Morgan fingerprint density at radius 3 is 2.00 bits per heavy atom. The Bertz CT molecular complexity index is 284. The second-order valence-electron chi connectivity index (χ2n) is 3.40. The zero-order chi connectivity index (χ0) is 12.6. The van der Waals surface area contributed by atoms with Gasteiger partial charge in [0.05, 0.1) is 0 Å². The molecule has 0 aliphatic carbocycles. The highest BCUT2D eigenvalue weighted by Crippen LogP contribution is 2.14. The van der Waals surface area contributed by atoms with E-state index in [1.807, 2.05) is 4.90 Å². The lowest BCUT2D eigenvalue weighted by Crippen LogP contribution is -2.38. The van der Waals surface area contributed by atoms with Crippen LogP contribution in [0.3, 0.4) is 0 Å². The molecular formula is C13H19NO2. The molecule has 0 saturated heterocycles. The summed E-state index contributed by atoms with van der Waals surface area (Å²) in [5.41, 5.74) is 0.170. The van der Waals surface area contributed by atoms with Gasteiger partial charge in [0, 0.05) is 24.7 Å². The average Bonchev–Trinajstić information content (AvgIpc) is 2.24. The third-order valence-corrected chi connectivity index (χ3v) is 2.23. The van der Waals surface area contributed by atoms with E-state index in [9.17, 15) is 4.79 Å². The van der Waals surface area contributed by atoms with Crippen LogP contribution in [0.4, 0.5) is 0 Å². The van der Waals surface area contributed by atoms with Crippen LogP contribution in [0.5, 0.6) is 0 Å². The molecule has 0 fully saturated rings. The molecule has 3 heteroatoms. The van der Waals surface area contributed by atoms with Crippen LogP contribution in [-0.4, -0.2) is 35.1 Å². The standard InChI is InChI=1S/C13H19NO2/c1-5-8-12(11(4)13(15)16)14(9-6-2)10-7-3/h5-7,12H,1-4,8-10H2,(H,15,16). The fraction of sp³-hybridized carbons (Fsp3) is 0.308. The van der Waals surface area contributed by atoms with E-state index in [-0.39, 0.29) is 11.6 Å². The van der Waals surface area contributed by atoms with E-state index in [0.717, 1.165) is 0 Å². The third kappa shape index (κ3) is 4.28. The smallest absolute Gasteiger partial charge is 0.332 e. The minimum Gasteiger partial charge on any atom is -0.478 e. The lowest BCUT2D eigenvalue weighted by molar-refractivity contribution is -0.133. The highest BCUT2D eigenvalue weighted by atomic mass is 16.4. The van der Waals surface area contributed by atoms with Crippen molar-refractivity contribution in [3.05, 3.63) is 50.1 Å². The van der Waals surface area contributed by atoms with Gasteiger partial charge >= 0.3 is 5.97 Å². The molecule has 0 aromatic rings. The van der Waals surface area contributed by atoms with Crippen LogP contribution in [0, 0.1) is 0 Å². The molecule has 16 heavy (non-hydrogen) atoms.